The topological polar surface area (TPSA) is 59.0 Å². The second kappa shape index (κ2) is 9.36. The second-order valence-corrected chi connectivity index (χ2v) is 8.53. The number of hydrogen-bond donors (Lipinski definition) is 1. The molecule has 1 aliphatic carbocycles. The summed E-state index contributed by atoms with van der Waals surface area (Å²) in [6.45, 7) is 4.08. The van der Waals surface area contributed by atoms with Gasteiger partial charge in [-0.05, 0) is 62.9 Å². The van der Waals surface area contributed by atoms with Crippen LogP contribution in [0.15, 0.2) is 18.2 Å². The zero-order valence-corrected chi connectivity index (χ0v) is 17.3. The van der Waals surface area contributed by atoms with Gasteiger partial charge in [-0.15, -0.1) is 12.4 Å². The molecule has 1 saturated carbocycles. The van der Waals surface area contributed by atoms with Crippen molar-refractivity contribution in [3.8, 4) is 11.5 Å². The molecular formula is C22H32ClNO4. The molecule has 6 heteroatoms. The Labute approximate surface area is 173 Å². The molecule has 0 amide bonds. The lowest BCUT2D eigenvalue weighted by molar-refractivity contribution is -0.137. The van der Waals surface area contributed by atoms with E-state index in [-0.39, 0.29) is 24.2 Å². The van der Waals surface area contributed by atoms with Gasteiger partial charge >= 0.3 is 5.97 Å². The van der Waals surface area contributed by atoms with E-state index in [4.69, 9.17) is 14.6 Å². The number of piperidine rings is 1. The number of benzene rings is 1. The fourth-order valence-corrected chi connectivity index (χ4v) is 4.87. The van der Waals surface area contributed by atoms with Gasteiger partial charge in [-0.2, -0.15) is 0 Å². The van der Waals surface area contributed by atoms with Crippen LogP contribution in [0.1, 0.15) is 56.9 Å². The lowest BCUT2D eigenvalue weighted by Crippen LogP contribution is -2.44. The van der Waals surface area contributed by atoms with E-state index in [1.807, 2.05) is 6.07 Å². The van der Waals surface area contributed by atoms with Gasteiger partial charge in [0.15, 0.2) is 0 Å². The Morgan fingerprint density at radius 1 is 1.21 bits per heavy atom. The number of carboxylic acids is 1. The van der Waals surface area contributed by atoms with Crippen LogP contribution >= 0.6 is 12.4 Å². The Morgan fingerprint density at radius 3 is 2.68 bits per heavy atom. The summed E-state index contributed by atoms with van der Waals surface area (Å²) in [4.78, 5) is 13.1. The van der Waals surface area contributed by atoms with E-state index in [0.717, 1.165) is 50.6 Å². The van der Waals surface area contributed by atoms with E-state index in [1.165, 1.54) is 37.7 Å². The zero-order chi connectivity index (χ0) is 18.7. The molecule has 156 valence electrons. The minimum absolute atomic E-state index is 0. The van der Waals surface area contributed by atoms with Crippen LogP contribution in [0.3, 0.4) is 0 Å². The maximum absolute atomic E-state index is 10.8. The minimum atomic E-state index is -0.718. The van der Waals surface area contributed by atoms with Gasteiger partial charge in [0.2, 0.25) is 0 Å². The Balaban J connectivity index is 0.00000225. The predicted octanol–water partition coefficient (Wildman–Crippen LogP) is 4.27. The number of hydrogen-bond acceptors (Lipinski definition) is 4. The Bertz CT molecular complexity index is 667. The molecule has 0 radical (unpaired) electrons. The monoisotopic (exact) mass is 409 g/mol. The molecule has 0 atom stereocenters. The van der Waals surface area contributed by atoms with E-state index in [9.17, 15) is 4.79 Å². The molecule has 3 aliphatic rings. The Kier molecular flexibility index (Phi) is 7.10. The number of ether oxygens (including phenoxy) is 2. The van der Waals surface area contributed by atoms with Crippen molar-refractivity contribution in [1.29, 1.82) is 0 Å². The normalized spacial score (nSPS) is 21.6. The first-order valence-electron chi connectivity index (χ1n) is 10.5. The van der Waals surface area contributed by atoms with Gasteiger partial charge in [0, 0.05) is 17.5 Å². The van der Waals surface area contributed by atoms with E-state index >= 15 is 0 Å². The van der Waals surface area contributed by atoms with Crippen LogP contribution in [0.2, 0.25) is 0 Å². The molecule has 5 nitrogen and oxygen atoms in total. The molecule has 1 spiro atoms. The molecule has 0 unspecified atom stereocenters. The predicted molar refractivity (Wildman–Crippen MR) is 111 cm³/mol. The van der Waals surface area contributed by atoms with E-state index in [0.29, 0.717) is 12.5 Å². The highest BCUT2D eigenvalue weighted by Crippen LogP contribution is 2.46. The number of rotatable bonds is 6. The number of likely N-dealkylation sites (tertiary alicyclic amines) is 1. The lowest BCUT2D eigenvalue weighted by Gasteiger charge is -2.38. The van der Waals surface area contributed by atoms with Crippen molar-refractivity contribution in [1.82, 2.24) is 4.90 Å². The van der Waals surface area contributed by atoms with E-state index < -0.39 is 5.97 Å². The number of nitrogens with zero attached hydrogens (tertiary/aromatic N) is 1. The SMILES string of the molecule is Cl.O=C(O)CCN1CCC2(CC1)COc1ccc(OCC3CCCCC3)cc12. The van der Waals surface area contributed by atoms with Gasteiger partial charge in [-0.25, -0.2) is 0 Å². The van der Waals surface area contributed by atoms with Gasteiger partial charge < -0.3 is 19.5 Å². The van der Waals surface area contributed by atoms with Crippen LogP contribution in [0.4, 0.5) is 0 Å². The molecule has 4 rings (SSSR count). The van der Waals surface area contributed by atoms with Crippen molar-refractivity contribution in [2.45, 2.75) is 56.8 Å². The van der Waals surface area contributed by atoms with Crippen LogP contribution in [0, 0.1) is 5.92 Å². The van der Waals surface area contributed by atoms with E-state index in [2.05, 4.69) is 17.0 Å². The first-order valence-corrected chi connectivity index (χ1v) is 10.5. The molecular weight excluding hydrogens is 378 g/mol. The Morgan fingerprint density at radius 2 is 1.96 bits per heavy atom. The van der Waals surface area contributed by atoms with Crippen molar-refractivity contribution in [3.63, 3.8) is 0 Å². The van der Waals surface area contributed by atoms with Crippen molar-refractivity contribution in [2.75, 3.05) is 32.8 Å². The minimum Gasteiger partial charge on any atom is -0.493 e. The molecule has 0 aromatic heterocycles. The van der Waals surface area contributed by atoms with Crippen molar-refractivity contribution in [2.24, 2.45) is 5.92 Å². The fraction of sp³-hybridized carbons (Fsp3) is 0.682. The molecule has 1 aromatic rings. The maximum atomic E-state index is 10.8. The molecule has 2 aliphatic heterocycles. The first kappa shape index (κ1) is 21.3. The average Bonchev–Trinajstić information content (AvgIpc) is 3.04. The second-order valence-electron chi connectivity index (χ2n) is 8.53. The summed E-state index contributed by atoms with van der Waals surface area (Å²) >= 11 is 0. The number of halogens is 1. The van der Waals surface area contributed by atoms with Crippen molar-refractivity contribution < 1.29 is 19.4 Å². The molecule has 1 N–H and O–H groups in total. The number of carboxylic acid groups (broad SMARTS) is 1. The lowest BCUT2D eigenvalue weighted by atomic mass is 9.74. The highest BCUT2D eigenvalue weighted by atomic mass is 35.5. The Hall–Kier alpha value is -1.46. The summed E-state index contributed by atoms with van der Waals surface area (Å²) in [5.74, 6) is 1.95. The van der Waals surface area contributed by atoms with Crippen LogP contribution in [-0.4, -0.2) is 48.8 Å². The van der Waals surface area contributed by atoms with Crippen LogP contribution in [-0.2, 0) is 10.2 Å². The van der Waals surface area contributed by atoms with Crippen LogP contribution in [0.5, 0.6) is 11.5 Å². The van der Waals surface area contributed by atoms with Gasteiger partial charge in [0.25, 0.3) is 0 Å². The summed E-state index contributed by atoms with van der Waals surface area (Å²) in [5, 5.41) is 8.89. The van der Waals surface area contributed by atoms with Gasteiger partial charge in [-0.1, -0.05) is 19.3 Å². The molecule has 0 bridgehead atoms. The van der Waals surface area contributed by atoms with Crippen molar-refractivity contribution in [3.05, 3.63) is 23.8 Å². The number of carbonyl (C=O) groups is 1. The molecule has 2 fully saturated rings. The largest absolute Gasteiger partial charge is 0.493 e. The van der Waals surface area contributed by atoms with Gasteiger partial charge in [0.1, 0.15) is 11.5 Å². The smallest absolute Gasteiger partial charge is 0.304 e. The average molecular weight is 410 g/mol. The summed E-state index contributed by atoms with van der Waals surface area (Å²) in [5.41, 5.74) is 1.36. The fourth-order valence-electron chi connectivity index (χ4n) is 4.87. The van der Waals surface area contributed by atoms with Gasteiger partial charge in [0.05, 0.1) is 19.6 Å². The maximum Gasteiger partial charge on any atom is 0.304 e. The summed E-state index contributed by atoms with van der Waals surface area (Å²) in [7, 11) is 0. The zero-order valence-electron chi connectivity index (χ0n) is 16.5. The summed E-state index contributed by atoms with van der Waals surface area (Å²) in [6, 6.07) is 6.32. The van der Waals surface area contributed by atoms with Crippen molar-refractivity contribution >= 4 is 18.4 Å². The number of aliphatic carboxylic acids is 1. The van der Waals surface area contributed by atoms with Gasteiger partial charge in [-0.3, -0.25) is 4.79 Å². The van der Waals surface area contributed by atoms with E-state index in [1.54, 1.807) is 0 Å². The third-order valence-corrected chi connectivity index (χ3v) is 6.69. The number of fused-ring (bicyclic) bond motifs is 2. The molecule has 28 heavy (non-hydrogen) atoms. The van der Waals surface area contributed by atoms with Crippen LogP contribution in [0.25, 0.3) is 0 Å². The first-order chi connectivity index (χ1) is 13.1. The summed E-state index contributed by atoms with van der Waals surface area (Å²) in [6.07, 6.45) is 8.91. The highest BCUT2D eigenvalue weighted by molar-refractivity contribution is 5.85. The van der Waals surface area contributed by atoms with Crippen LogP contribution < -0.4 is 9.47 Å². The summed E-state index contributed by atoms with van der Waals surface area (Å²) < 4.78 is 12.2. The standard InChI is InChI=1S/C22H31NO4.ClH/c24-21(25)8-11-23-12-9-22(10-13-23)16-27-20-7-6-18(14-19(20)22)26-15-17-4-2-1-3-5-17;/h6-7,14,17H,1-5,8-13,15-16H2,(H,24,25);1H. The quantitative estimate of drug-likeness (QED) is 0.760. The third-order valence-electron chi connectivity index (χ3n) is 6.69. The molecule has 1 saturated heterocycles. The molecule has 1 aromatic carbocycles. The highest BCUT2D eigenvalue weighted by Gasteiger charge is 2.43. The molecule has 2 heterocycles. The third kappa shape index (κ3) is 4.74.